The quantitative estimate of drug-likeness (QED) is 0.618. The van der Waals surface area contributed by atoms with Gasteiger partial charge in [0.25, 0.3) is 0 Å². The molecule has 1 aromatic heterocycles. The molecule has 52 valence electrons. The molecule has 1 heterocycles. The Morgan fingerprint density at radius 3 is 2.80 bits per heavy atom. The van der Waals surface area contributed by atoms with E-state index in [4.69, 9.17) is 5.73 Å². The minimum Gasteiger partial charge on any atom is -0.399 e. The molecule has 10 heavy (non-hydrogen) atoms. The molecule has 0 aliphatic heterocycles. The zero-order chi connectivity index (χ0) is 7.56. The molecule has 0 aliphatic carbocycles. The van der Waals surface area contributed by atoms with Gasteiger partial charge in [0.2, 0.25) is 0 Å². The lowest BCUT2D eigenvalue weighted by Gasteiger charge is -1.81. The van der Waals surface area contributed by atoms with Gasteiger partial charge in [-0.05, 0) is 22.7 Å². The summed E-state index contributed by atoms with van der Waals surface area (Å²) in [5, 5.41) is 3.05. The van der Waals surface area contributed by atoms with Crippen LogP contribution >= 0.6 is 11.3 Å². The number of hydrogen-bond acceptors (Lipinski definition) is 2. The molecule has 2 N–H and O–H groups in total. The maximum Gasteiger partial charge on any atom is 0.0271 e. The summed E-state index contributed by atoms with van der Waals surface area (Å²) in [5.74, 6) is 0. The topological polar surface area (TPSA) is 26.0 Å². The monoisotopic (exact) mass is 151 g/mol. The third-order valence-electron chi connectivity index (χ3n) is 1.12. The van der Waals surface area contributed by atoms with Crippen LogP contribution in [0.15, 0.2) is 23.7 Å². The third kappa shape index (κ3) is 1.48. The highest BCUT2D eigenvalue weighted by Crippen LogP contribution is 1.81. The average Bonchev–Trinajstić information content (AvgIpc) is 2.15. The Kier molecular flexibility index (Phi) is 1.92. The Morgan fingerprint density at radius 1 is 1.70 bits per heavy atom. The maximum atomic E-state index is 5.38. The molecule has 1 aromatic rings. The molecule has 0 amide bonds. The van der Waals surface area contributed by atoms with Crippen LogP contribution in [0, 0.1) is 0 Å². The molecule has 0 saturated heterocycles. The first-order valence-electron chi connectivity index (χ1n) is 2.88. The van der Waals surface area contributed by atoms with E-state index in [9.17, 15) is 0 Å². The zero-order valence-corrected chi connectivity index (χ0v) is 6.45. The molecule has 0 spiro atoms. The minimum absolute atomic E-state index is 0.573. The van der Waals surface area contributed by atoms with Crippen molar-refractivity contribution in [3.63, 3.8) is 0 Å². The van der Waals surface area contributed by atoms with Gasteiger partial charge in [-0.2, -0.15) is 0 Å². The lowest BCUT2D eigenvalue weighted by molar-refractivity contribution is 1.49. The molecule has 1 rings (SSSR count). The van der Waals surface area contributed by atoms with Crippen LogP contribution < -0.4 is 15.5 Å². The Morgan fingerprint density at radius 2 is 2.40 bits per heavy atom. The van der Waals surface area contributed by atoms with Crippen LogP contribution in [-0.4, -0.2) is 0 Å². The van der Waals surface area contributed by atoms with Crippen molar-refractivity contribution in [2.24, 2.45) is 5.73 Å². The first kappa shape index (κ1) is 7.09. The molecule has 1 nitrogen and oxygen atoms in total. The van der Waals surface area contributed by atoms with Crippen molar-refractivity contribution in [2.45, 2.75) is 0 Å². The van der Waals surface area contributed by atoms with Crippen LogP contribution in [0.1, 0.15) is 0 Å². The SMILES string of the molecule is C=C(N)/C=c1/ccsc1=C. The first-order valence-corrected chi connectivity index (χ1v) is 3.76. The largest absolute Gasteiger partial charge is 0.399 e. The van der Waals surface area contributed by atoms with Gasteiger partial charge in [0.1, 0.15) is 0 Å². The van der Waals surface area contributed by atoms with E-state index in [1.807, 2.05) is 17.5 Å². The van der Waals surface area contributed by atoms with Crippen molar-refractivity contribution in [1.29, 1.82) is 0 Å². The number of hydrogen-bond donors (Lipinski definition) is 1. The predicted octanol–water partition coefficient (Wildman–Crippen LogP) is 0.411. The van der Waals surface area contributed by atoms with Gasteiger partial charge in [-0.25, -0.2) is 0 Å². The van der Waals surface area contributed by atoms with Crippen LogP contribution in [-0.2, 0) is 0 Å². The highest BCUT2D eigenvalue weighted by atomic mass is 32.1. The van der Waals surface area contributed by atoms with Crippen LogP contribution in [0.5, 0.6) is 0 Å². The summed E-state index contributed by atoms with van der Waals surface area (Å²) in [5.41, 5.74) is 5.95. The molecule has 0 radical (unpaired) electrons. The third-order valence-corrected chi connectivity index (χ3v) is 1.91. The van der Waals surface area contributed by atoms with E-state index in [1.54, 1.807) is 11.3 Å². The fraction of sp³-hybridized carbons (Fsp3) is 0. The summed E-state index contributed by atoms with van der Waals surface area (Å²) in [7, 11) is 0. The van der Waals surface area contributed by atoms with Gasteiger partial charge in [-0.15, -0.1) is 11.3 Å². The maximum absolute atomic E-state index is 5.38. The highest BCUT2D eigenvalue weighted by Gasteiger charge is 1.82. The van der Waals surface area contributed by atoms with E-state index in [1.165, 1.54) is 0 Å². The van der Waals surface area contributed by atoms with Crippen molar-refractivity contribution in [3.8, 4) is 0 Å². The molecule has 2 heteroatoms. The lowest BCUT2D eigenvalue weighted by Crippen LogP contribution is -2.16. The summed E-state index contributed by atoms with van der Waals surface area (Å²) in [6, 6.07) is 1.98. The van der Waals surface area contributed by atoms with Crippen LogP contribution in [0.4, 0.5) is 0 Å². The van der Waals surface area contributed by atoms with E-state index >= 15 is 0 Å². The standard InChI is InChI=1S/C8H9NS/c1-6(9)5-8-3-4-10-7(8)2/h3-5H,1-2,9H2/b8-5-. The van der Waals surface area contributed by atoms with Crippen molar-refractivity contribution in [3.05, 3.63) is 33.5 Å². The van der Waals surface area contributed by atoms with Crippen LogP contribution in [0.2, 0.25) is 0 Å². The number of allylic oxidation sites excluding steroid dienone is 1. The molecular weight excluding hydrogens is 142 g/mol. The van der Waals surface area contributed by atoms with Crippen molar-refractivity contribution < 1.29 is 0 Å². The van der Waals surface area contributed by atoms with Crippen molar-refractivity contribution >= 4 is 24.0 Å². The van der Waals surface area contributed by atoms with E-state index in [0.29, 0.717) is 5.70 Å². The number of nitrogens with two attached hydrogens (primary N) is 1. The molecule has 0 atom stereocenters. The van der Waals surface area contributed by atoms with Crippen molar-refractivity contribution in [2.75, 3.05) is 0 Å². The molecule has 0 bridgehead atoms. The summed E-state index contributed by atoms with van der Waals surface area (Å²) < 4.78 is 1.03. The van der Waals surface area contributed by atoms with E-state index in [0.717, 1.165) is 9.75 Å². The van der Waals surface area contributed by atoms with Gasteiger partial charge in [0.15, 0.2) is 0 Å². The molecule has 0 saturated carbocycles. The van der Waals surface area contributed by atoms with Gasteiger partial charge in [0.05, 0.1) is 0 Å². The second kappa shape index (κ2) is 2.71. The summed E-state index contributed by atoms with van der Waals surface area (Å²) in [6.07, 6.45) is 1.82. The van der Waals surface area contributed by atoms with Gasteiger partial charge in [0, 0.05) is 10.2 Å². The summed E-state index contributed by atoms with van der Waals surface area (Å²) in [6.45, 7) is 7.39. The molecule has 0 aromatic carbocycles. The fourth-order valence-electron chi connectivity index (χ4n) is 0.679. The second-order valence-corrected chi connectivity index (χ2v) is 3.02. The second-order valence-electron chi connectivity index (χ2n) is 2.02. The molecular formula is C8H9NS. The average molecular weight is 151 g/mol. The molecule has 0 fully saturated rings. The van der Waals surface area contributed by atoms with Gasteiger partial charge < -0.3 is 5.73 Å². The van der Waals surface area contributed by atoms with E-state index in [-0.39, 0.29) is 0 Å². The normalized spacial score (nSPS) is 11.8. The Hall–Kier alpha value is -1.02. The highest BCUT2D eigenvalue weighted by molar-refractivity contribution is 7.07. The number of rotatable bonds is 1. The van der Waals surface area contributed by atoms with E-state index < -0.39 is 0 Å². The predicted molar refractivity (Wildman–Crippen MR) is 46.9 cm³/mol. The van der Waals surface area contributed by atoms with E-state index in [2.05, 4.69) is 13.2 Å². The van der Waals surface area contributed by atoms with Crippen LogP contribution in [0.3, 0.4) is 0 Å². The summed E-state index contributed by atoms with van der Waals surface area (Å²) in [4.78, 5) is 0. The zero-order valence-electron chi connectivity index (χ0n) is 5.63. The van der Waals surface area contributed by atoms with Gasteiger partial charge in [-0.1, -0.05) is 13.2 Å². The van der Waals surface area contributed by atoms with Crippen LogP contribution in [0.25, 0.3) is 12.7 Å². The smallest absolute Gasteiger partial charge is 0.0271 e. The lowest BCUT2D eigenvalue weighted by atomic mass is 10.3. The first-order chi connectivity index (χ1) is 4.70. The Balaban J connectivity index is 3.29. The Bertz CT molecular complexity index is 334. The summed E-state index contributed by atoms with van der Waals surface area (Å²) >= 11 is 1.61. The van der Waals surface area contributed by atoms with Crippen molar-refractivity contribution in [1.82, 2.24) is 0 Å². The molecule has 0 unspecified atom stereocenters. The molecule has 0 aliphatic rings. The fourth-order valence-corrected chi connectivity index (χ4v) is 1.32. The van der Waals surface area contributed by atoms with Gasteiger partial charge in [-0.3, -0.25) is 0 Å². The van der Waals surface area contributed by atoms with Gasteiger partial charge >= 0.3 is 0 Å². The number of thiophene rings is 1. The Labute approximate surface area is 63.8 Å². The minimum atomic E-state index is 0.573.